The van der Waals surface area contributed by atoms with Gasteiger partial charge in [-0.05, 0) is 71.7 Å². The third-order valence-electron chi connectivity index (χ3n) is 9.56. The van der Waals surface area contributed by atoms with Crippen LogP contribution in [0.15, 0.2) is 54.6 Å². The maximum atomic E-state index is 13.5. The van der Waals surface area contributed by atoms with Gasteiger partial charge in [0.25, 0.3) is 11.6 Å². The second-order valence-electron chi connectivity index (χ2n) is 15.2. The van der Waals surface area contributed by atoms with Crippen molar-refractivity contribution >= 4 is 52.2 Å². The van der Waals surface area contributed by atoms with E-state index in [9.17, 15) is 29.3 Å². The smallest absolute Gasteiger partial charge is 0.407 e. The van der Waals surface area contributed by atoms with Crippen molar-refractivity contribution < 1.29 is 38.3 Å². The fourth-order valence-electron chi connectivity index (χ4n) is 6.70. The van der Waals surface area contributed by atoms with Gasteiger partial charge in [0.2, 0.25) is 17.8 Å². The predicted molar refractivity (Wildman–Crippen MR) is 228 cm³/mol. The number of nitro benzene ring substituents is 1. The number of anilines is 2. The van der Waals surface area contributed by atoms with E-state index in [4.69, 9.17) is 25.7 Å². The number of aryl methyl sites for hydroxylation is 2. The number of likely N-dealkylation sites (tertiary alicyclic amines) is 1. The maximum Gasteiger partial charge on any atom is 0.407 e. The molecule has 4 aromatic rings. The van der Waals surface area contributed by atoms with Gasteiger partial charge < -0.3 is 40.9 Å². The quantitative estimate of drug-likeness (QED) is 0.0525. The molecule has 0 saturated carbocycles. The Morgan fingerprint density at radius 3 is 2.28 bits per heavy atom. The van der Waals surface area contributed by atoms with Crippen molar-refractivity contribution in [1.82, 2.24) is 29.5 Å². The van der Waals surface area contributed by atoms with E-state index in [-0.39, 0.29) is 54.3 Å². The summed E-state index contributed by atoms with van der Waals surface area (Å²) in [7, 11) is 1.43. The molecule has 20 heteroatoms. The van der Waals surface area contributed by atoms with Crippen molar-refractivity contribution in [3.05, 3.63) is 87.3 Å². The lowest BCUT2D eigenvalue weighted by Crippen LogP contribution is -2.46. The van der Waals surface area contributed by atoms with Gasteiger partial charge in [0.15, 0.2) is 11.4 Å². The molecule has 0 atom stereocenters. The van der Waals surface area contributed by atoms with Crippen molar-refractivity contribution in [2.75, 3.05) is 50.5 Å². The highest BCUT2D eigenvalue weighted by atomic mass is 16.6. The third kappa shape index (κ3) is 11.8. The van der Waals surface area contributed by atoms with E-state index in [0.29, 0.717) is 41.3 Å². The zero-order valence-electron chi connectivity index (χ0n) is 35.1. The average molecular weight is 844 g/mol. The average Bonchev–Trinajstić information content (AvgIpc) is 3.76. The van der Waals surface area contributed by atoms with Crippen LogP contribution in [0.3, 0.4) is 0 Å². The molecule has 1 aliphatic heterocycles. The van der Waals surface area contributed by atoms with Crippen LogP contribution in [0.2, 0.25) is 0 Å². The molecule has 0 unspecified atom stereocenters. The lowest BCUT2D eigenvalue weighted by molar-refractivity contribution is -0.384. The second kappa shape index (κ2) is 19.9. The van der Waals surface area contributed by atoms with Gasteiger partial charge in [-0.15, -0.1) is 0 Å². The Morgan fingerprint density at radius 2 is 1.64 bits per heavy atom. The minimum absolute atomic E-state index is 0.0250. The Hall–Kier alpha value is -6.96. The number of piperidine rings is 1. The number of ether oxygens (including phenoxy) is 3. The number of allylic oxidation sites excluding steroid dienone is 1. The lowest BCUT2D eigenvalue weighted by atomic mass is 10.1. The first-order valence-electron chi connectivity index (χ1n) is 19.7. The van der Waals surface area contributed by atoms with Crippen LogP contribution < -0.4 is 36.9 Å². The zero-order valence-corrected chi connectivity index (χ0v) is 35.1. The number of nitrogens with one attached hydrogen (secondary N) is 3. The Kier molecular flexibility index (Phi) is 14.7. The molecule has 5 rings (SSSR count). The van der Waals surface area contributed by atoms with Crippen molar-refractivity contribution in [3.63, 3.8) is 0 Å². The predicted octanol–water partition coefficient (Wildman–Crippen LogP) is 4.52. The molecular weight excluding hydrogens is 791 g/mol. The molecule has 3 heterocycles. The van der Waals surface area contributed by atoms with E-state index in [1.165, 1.54) is 25.3 Å². The molecule has 0 spiro atoms. The van der Waals surface area contributed by atoms with Gasteiger partial charge in [-0.2, -0.15) is 5.10 Å². The number of hydrogen-bond acceptors (Lipinski definition) is 13. The van der Waals surface area contributed by atoms with E-state index in [1.54, 1.807) is 40.5 Å². The minimum atomic E-state index is -0.859. The van der Waals surface area contributed by atoms with Gasteiger partial charge in [0, 0.05) is 62.5 Å². The number of nitro groups is 1. The molecule has 2 aromatic heterocycles. The van der Waals surface area contributed by atoms with Gasteiger partial charge in [-0.25, -0.2) is 9.78 Å². The summed E-state index contributed by atoms with van der Waals surface area (Å²) in [5.41, 5.74) is 12.0. The molecule has 326 valence electrons. The van der Waals surface area contributed by atoms with E-state index in [0.717, 1.165) is 32.0 Å². The molecule has 1 aliphatic rings. The number of benzene rings is 2. The number of hydrogen-bond donors (Lipinski definition) is 5. The number of methoxy groups -OCH3 is 1. The molecule has 1 fully saturated rings. The number of amides is 4. The third-order valence-corrected chi connectivity index (χ3v) is 9.56. The number of carbonyl (C=O) groups is 4. The molecule has 2 aromatic carbocycles. The number of primary amides is 2. The van der Waals surface area contributed by atoms with E-state index in [1.807, 2.05) is 33.8 Å². The Bertz CT molecular complexity index is 2330. The van der Waals surface area contributed by atoms with Crippen LogP contribution >= 0.6 is 0 Å². The number of aromatic nitrogens is 4. The summed E-state index contributed by atoms with van der Waals surface area (Å²) < 4.78 is 20.2. The summed E-state index contributed by atoms with van der Waals surface area (Å²) in [5, 5.41) is 25.4. The van der Waals surface area contributed by atoms with E-state index in [2.05, 4.69) is 30.9 Å². The van der Waals surface area contributed by atoms with Gasteiger partial charge in [-0.1, -0.05) is 24.3 Å². The molecule has 0 bridgehead atoms. The molecule has 61 heavy (non-hydrogen) atoms. The molecule has 1 saturated heterocycles. The van der Waals surface area contributed by atoms with Crippen molar-refractivity contribution in [2.45, 2.75) is 72.2 Å². The van der Waals surface area contributed by atoms with Crippen LogP contribution in [0.4, 0.5) is 22.1 Å². The molecule has 4 amide bonds. The fraction of sp³-hybridized carbons (Fsp3) is 0.415. The summed E-state index contributed by atoms with van der Waals surface area (Å²) in [6.45, 7) is 12.0. The fourth-order valence-corrected chi connectivity index (χ4v) is 6.70. The monoisotopic (exact) mass is 843 g/mol. The molecular formula is C41H53N11O9. The van der Waals surface area contributed by atoms with Crippen LogP contribution in [-0.2, 0) is 17.8 Å². The summed E-state index contributed by atoms with van der Waals surface area (Å²) >= 11 is 0. The molecule has 0 aliphatic carbocycles. The van der Waals surface area contributed by atoms with Crippen molar-refractivity contribution in [3.8, 4) is 11.5 Å². The highest BCUT2D eigenvalue weighted by Crippen LogP contribution is 2.36. The standard InChI is InChI=1S/C41H53N11O9/c1-7-51-31(20-25(2)48-51)38(55)47-39-46-29-21-26(36(42)53)24-33(59-6)35(29)50(39)16-9-8-14-44-34-30(52(57)58)22-27(37(43)54)23-32(34)60-19-11-10-15-49-17-12-28(13-18-49)45-40(56)61-41(3,4)5/h8-11,20-24,28,44H,7,12-19H2,1-6H3,(H2,42,53)(H2,43,54)(H,45,56)(H,46,47,55)/b9-8+,11-10-. The Labute approximate surface area is 352 Å². The minimum Gasteiger partial charge on any atom is -0.494 e. The van der Waals surface area contributed by atoms with Crippen LogP contribution in [0.5, 0.6) is 11.5 Å². The van der Waals surface area contributed by atoms with Crippen LogP contribution in [-0.4, -0.2) is 105 Å². The normalized spacial score (nSPS) is 13.7. The SMILES string of the molecule is CCn1nc(C)cc1C(=O)Nc1nc2cc(C(N)=O)cc(OC)c2n1C/C=C/CNc1c(OC/C=C\CN2CCC(NC(=O)OC(C)(C)C)CC2)cc(C(N)=O)cc1[N+](=O)[O-]. The number of rotatable bonds is 18. The van der Waals surface area contributed by atoms with E-state index < -0.39 is 40.0 Å². The van der Waals surface area contributed by atoms with Gasteiger partial charge in [0.1, 0.15) is 29.2 Å². The number of nitrogens with two attached hydrogens (primary N) is 2. The Morgan fingerprint density at radius 1 is 0.967 bits per heavy atom. The number of nitrogens with zero attached hydrogens (tertiary/aromatic N) is 6. The highest BCUT2D eigenvalue weighted by molar-refractivity contribution is 6.04. The van der Waals surface area contributed by atoms with Crippen molar-refractivity contribution in [2.24, 2.45) is 11.5 Å². The topological polar surface area (TPSA) is 266 Å². The summed E-state index contributed by atoms with van der Waals surface area (Å²) in [6.07, 6.45) is 8.26. The maximum absolute atomic E-state index is 13.5. The van der Waals surface area contributed by atoms with Crippen LogP contribution in [0, 0.1) is 17.0 Å². The first-order chi connectivity index (χ1) is 29.0. The van der Waals surface area contributed by atoms with Crippen LogP contribution in [0.25, 0.3) is 11.0 Å². The molecule has 0 radical (unpaired) electrons. The highest BCUT2D eigenvalue weighted by Gasteiger charge is 2.25. The summed E-state index contributed by atoms with van der Waals surface area (Å²) in [4.78, 5) is 68.2. The first kappa shape index (κ1) is 45.1. The summed E-state index contributed by atoms with van der Waals surface area (Å²) in [6, 6.07) is 7.11. The number of carbonyl (C=O) groups excluding carboxylic acids is 4. The largest absolute Gasteiger partial charge is 0.494 e. The number of alkyl carbamates (subject to hydrolysis) is 1. The van der Waals surface area contributed by atoms with Crippen molar-refractivity contribution in [1.29, 1.82) is 0 Å². The summed E-state index contributed by atoms with van der Waals surface area (Å²) in [5.74, 6) is -1.51. The van der Waals surface area contributed by atoms with Gasteiger partial charge in [0.05, 0.1) is 23.2 Å². The van der Waals surface area contributed by atoms with E-state index >= 15 is 0 Å². The van der Waals surface area contributed by atoms with Gasteiger partial charge in [-0.3, -0.25) is 39.4 Å². The molecule has 7 N–H and O–H groups in total. The van der Waals surface area contributed by atoms with Crippen LogP contribution in [0.1, 0.15) is 77.4 Å². The number of fused-ring (bicyclic) bond motifs is 1. The first-order valence-corrected chi connectivity index (χ1v) is 19.7. The molecule has 20 nitrogen and oxygen atoms in total. The lowest BCUT2D eigenvalue weighted by Gasteiger charge is -2.32. The van der Waals surface area contributed by atoms with Gasteiger partial charge >= 0.3 is 6.09 Å². The number of imidazole rings is 1. The Balaban J connectivity index is 1.28. The zero-order chi connectivity index (χ0) is 44.4. The second-order valence-corrected chi connectivity index (χ2v) is 15.2.